The van der Waals surface area contributed by atoms with Crippen LogP contribution in [0.15, 0.2) is 48.5 Å². The second-order valence-corrected chi connectivity index (χ2v) is 8.99. The average molecular weight is 454 g/mol. The van der Waals surface area contributed by atoms with Gasteiger partial charge in [0.1, 0.15) is 17.6 Å². The number of likely N-dealkylation sites (N-methyl/N-ethyl adjacent to an activating group) is 1. The van der Waals surface area contributed by atoms with Crippen molar-refractivity contribution in [1.29, 1.82) is 0 Å². The minimum atomic E-state index is -0.0521. The van der Waals surface area contributed by atoms with Gasteiger partial charge in [0.05, 0.1) is 13.7 Å². The van der Waals surface area contributed by atoms with Gasteiger partial charge in [-0.1, -0.05) is 50.1 Å². The number of carbonyl (C=O) groups excluding carboxylic acids is 1. The van der Waals surface area contributed by atoms with Crippen molar-refractivity contribution < 1.29 is 19.0 Å². The van der Waals surface area contributed by atoms with Crippen molar-refractivity contribution in [2.45, 2.75) is 70.4 Å². The maximum Gasteiger partial charge on any atom is 0.306 e. The van der Waals surface area contributed by atoms with Gasteiger partial charge >= 0.3 is 5.97 Å². The largest absolute Gasteiger partial charge is 0.497 e. The van der Waals surface area contributed by atoms with Gasteiger partial charge in [0, 0.05) is 25.4 Å². The quantitative estimate of drug-likeness (QED) is 0.298. The third-order valence-corrected chi connectivity index (χ3v) is 6.43. The predicted octanol–water partition coefficient (Wildman–Crippen LogP) is 5.45. The van der Waals surface area contributed by atoms with Crippen LogP contribution in [-0.2, 0) is 22.4 Å². The Bertz CT molecular complexity index is 868. The van der Waals surface area contributed by atoms with Crippen LogP contribution in [-0.4, -0.2) is 50.3 Å². The van der Waals surface area contributed by atoms with Crippen LogP contribution in [0.4, 0.5) is 0 Å². The number of benzene rings is 2. The van der Waals surface area contributed by atoms with Crippen molar-refractivity contribution in [1.82, 2.24) is 4.90 Å². The van der Waals surface area contributed by atoms with Gasteiger partial charge in [-0.05, 0) is 62.1 Å². The number of rotatable bonds is 13. The maximum atomic E-state index is 12.1. The van der Waals surface area contributed by atoms with Crippen LogP contribution in [0.3, 0.4) is 0 Å². The second kappa shape index (κ2) is 13.2. The number of hydrogen-bond donors (Lipinski definition) is 0. The minimum absolute atomic E-state index is 0.00396. The predicted molar refractivity (Wildman–Crippen MR) is 132 cm³/mol. The first-order valence-electron chi connectivity index (χ1n) is 12.3. The van der Waals surface area contributed by atoms with Gasteiger partial charge in [-0.25, -0.2) is 0 Å². The molecule has 2 atom stereocenters. The summed E-state index contributed by atoms with van der Waals surface area (Å²) in [4.78, 5) is 14.3. The molecule has 1 fully saturated rings. The molecule has 0 unspecified atom stereocenters. The SMILES string of the molecule is CCCCCC(=O)O[C@@H]1C[C@@H](CCOc2ccccc2CCc2cccc(OC)c2)N(C)C1. The summed E-state index contributed by atoms with van der Waals surface area (Å²) in [5.74, 6) is 1.80. The van der Waals surface area contributed by atoms with E-state index in [4.69, 9.17) is 14.2 Å². The molecule has 33 heavy (non-hydrogen) atoms. The van der Waals surface area contributed by atoms with E-state index >= 15 is 0 Å². The lowest BCUT2D eigenvalue weighted by atomic mass is 10.0. The molecule has 1 heterocycles. The molecule has 0 aromatic heterocycles. The molecule has 0 amide bonds. The topological polar surface area (TPSA) is 48.0 Å². The molecule has 3 rings (SSSR count). The molecule has 2 aromatic rings. The number of esters is 1. The third-order valence-electron chi connectivity index (χ3n) is 6.43. The van der Waals surface area contributed by atoms with Crippen molar-refractivity contribution in [2.75, 3.05) is 27.3 Å². The summed E-state index contributed by atoms with van der Waals surface area (Å²) in [6.07, 6.45) is 7.33. The highest BCUT2D eigenvalue weighted by Gasteiger charge is 2.31. The molecule has 1 aliphatic heterocycles. The Labute approximate surface area is 199 Å². The van der Waals surface area contributed by atoms with Crippen LogP contribution in [0.1, 0.15) is 56.6 Å². The van der Waals surface area contributed by atoms with Crippen LogP contribution < -0.4 is 9.47 Å². The molecule has 2 aromatic carbocycles. The lowest BCUT2D eigenvalue weighted by Gasteiger charge is -2.19. The zero-order valence-electron chi connectivity index (χ0n) is 20.4. The van der Waals surface area contributed by atoms with Crippen molar-refractivity contribution in [3.8, 4) is 11.5 Å². The number of para-hydroxylation sites is 1. The highest BCUT2D eigenvalue weighted by atomic mass is 16.5. The van der Waals surface area contributed by atoms with Gasteiger partial charge in [0.2, 0.25) is 0 Å². The normalized spacial score (nSPS) is 18.3. The Kier molecular flexibility index (Phi) is 10.1. The summed E-state index contributed by atoms with van der Waals surface area (Å²) in [6.45, 7) is 3.60. The summed E-state index contributed by atoms with van der Waals surface area (Å²) in [7, 11) is 3.81. The summed E-state index contributed by atoms with van der Waals surface area (Å²) >= 11 is 0. The Morgan fingerprint density at radius 2 is 1.94 bits per heavy atom. The highest BCUT2D eigenvalue weighted by molar-refractivity contribution is 5.69. The van der Waals surface area contributed by atoms with E-state index in [9.17, 15) is 4.79 Å². The smallest absolute Gasteiger partial charge is 0.306 e. The van der Waals surface area contributed by atoms with E-state index in [0.29, 0.717) is 19.1 Å². The van der Waals surface area contributed by atoms with E-state index < -0.39 is 0 Å². The Hall–Kier alpha value is -2.53. The number of ether oxygens (including phenoxy) is 3. The number of nitrogens with zero attached hydrogens (tertiary/aromatic N) is 1. The van der Waals surface area contributed by atoms with Gasteiger partial charge in [0.25, 0.3) is 0 Å². The first-order valence-corrected chi connectivity index (χ1v) is 12.3. The average Bonchev–Trinajstić information content (AvgIpc) is 3.17. The first-order chi connectivity index (χ1) is 16.1. The molecule has 0 spiro atoms. The Balaban J connectivity index is 1.44. The summed E-state index contributed by atoms with van der Waals surface area (Å²) in [6, 6.07) is 16.9. The molecular weight excluding hydrogens is 414 g/mol. The van der Waals surface area contributed by atoms with Gasteiger partial charge < -0.3 is 14.2 Å². The van der Waals surface area contributed by atoms with E-state index in [0.717, 1.165) is 63.0 Å². The monoisotopic (exact) mass is 453 g/mol. The maximum absolute atomic E-state index is 12.1. The fourth-order valence-electron chi connectivity index (χ4n) is 4.48. The summed E-state index contributed by atoms with van der Waals surface area (Å²) < 4.78 is 17.2. The fraction of sp³-hybridized carbons (Fsp3) is 0.536. The van der Waals surface area contributed by atoms with Crippen LogP contribution in [0.5, 0.6) is 11.5 Å². The molecule has 1 saturated heterocycles. The molecule has 0 aliphatic carbocycles. The van der Waals surface area contributed by atoms with Gasteiger partial charge in [-0.2, -0.15) is 0 Å². The number of unbranched alkanes of at least 4 members (excludes halogenated alkanes) is 2. The summed E-state index contributed by atoms with van der Waals surface area (Å²) in [5.41, 5.74) is 2.48. The lowest BCUT2D eigenvalue weighted by molar-refractivity contribution is -0.148. The number of likely N-dealkylation sites (tertiary alicyclic amines) is 1. The molecule has 0 bridgehead atoms. The van der Waals surface area contributed by atoms with Crippen molar-refractivity contribution >= 4 is 5.97 Å². The third kappa shape index (κ3) is 8.08. The van der Waals surface area contributed by atoms with Crippen molar-refractivity contribution in [3.05, 3.63) is 59.7 Å². The lowest BCUT2D eigenvalue weighted by Crippen LogP contribution is -2.27. The fourth-order valence-corrected chi connectivity index (χ4v) is 4.48. The zero-order valence-corrected chi connectivity index (χ0v) is 20.4. The van der Waals surface area contributed by atoms with Crippen LogP contribution in [0.2, 0.25) is 0 Å². The Morgan fingerprint density at radius 3 is 2.76 bits per heavy atom. The molecule has 0 saturated carbocycles. The summed E-state index contributed by atoms with van der Waals surface area (Å²) in [5, 5.41) is 0. The minimum Gasteiger partial charge on any atom is -0.497 e. The van der Waals surface area contributed by atoms with Crippen molar-refractivity contribution in [2.24, 2.45) is 0 Å². The Morgan fingerprint density at radius 1 is 1.09 bits per heavy atom. The number of carbonyl (C=O) groups is 1. The standard InChI is InChI=1S/C28H39NO4/c1-4-5-6-14-28(30)33-26-20-24(29(2)21-26)17-18-32-27-13-8-7-11-23(27)16-15-22-10-9-12-25(19-22)31-3/h7-13,19,24,26H,4-6,14-18,20-21H2,1-3H3/t24-,26-/m1/s1. The second-order valence-electron chi connectivity index (χ2n) is 8.99. The van der Waals surface area contributed by atoms with Crippen LogP contribution >= 0.6 is 0 Å². The van der Waals surface area contributed by atoms with E-state index in [1.807, 2.05) is 18.2 Å². The van der Waals surface area contributed by atoms with Crippen LogP contribution in [0.25, 0.3) is 0 Å². The number of aryl methyl sites for hydroxylation is 2. The molecule has 0 radical (unpaired) electrons. The van der Waals surface area contributed by atoms with Gasteiger partial charge in [-0.3, -0.25) is 9.69 Å². The number of methoxy groups -OCH3 is 1. The van der Waals surface area contributed by atoms with Gasteiger partial charge in [0.15, 0.2) is 0 Å². The zero-order chi connectivity index (χ0) is 23.5. The van der Waals surface area contributed by atoms with E-state index in [2.05, 4.69) is 49.2 Å². The molecule has 0 N–H and O–H groups in total. The molecule has 180 valence electrons. The van der Waals surface area contributed by atoms with Crippen molar-refractivity contribution in [3.63, 3.8) is 0 Å². The molecule has 5 nitrogen and oxygen atoms in total. The number of hydrogen-bond acceptors (Lipinski definition) is 5. The van der Waals surface area contributed by atoms with E-state index in [-0.39, 0.29) is 12.1 Å². The highest BCUT2D eigenvalue weighted by Crippen LogP contribution is 2.25. The molecule has 5 heteroatoms. The molecule has 1 aliphatic rings. The van der Waals surface area contributed by atoms with E-state index in [1.165, 1.54) is 11.1 Å². The molecular formula is C28H39NO4. The first kappa shape index (κ1) is 25.1. The van der Waals surface area contributed by atoms with E-state index in [1.54, 1.807) is 7.11 Å². The van der Waals surface area contributed by atoms with Gasteiger partial charge in [-0.15, -0.1) is 0 Å². The van der Waals surface area contributed by atoms with Crippen LogP contribution in [0, 0.1) is 0 Å².